The summed E-state index contributed by atoms with van der Waals surface area (Å²) in [5, 5.41) is 10.2. The van der Waals surface area contributed by atoms with E-state index in [4.69, 9.17) is 5.11 Å². The zero-order chi connectivity index (χ0) is 15.9. The Labute approximate surface area is 125 Å². The van der Waals surface area contributed by atoms with E-state index in [0.717, 1.165) is 17.4 Å². The van der Waals surface area contributed by atoms with Gasteiger partial charge in [-0.05, 0) is 24.6 Å². The zero-order valence-corrected chi connectivity index (χ0v) is 12.9. The second-order valence-electron chi connectivity index (χ2n) is 4.66. The molecule has 21 heavy (non-hydrogen) atoms. The number of benzene rings is 1. The van der Waals surface area contributed by atoms with Crippen LogP contribution in [0.1, 0.15) is 24.5 Å². The van der Waals surface area contributed by atoms with E-state index in [1.165, 1.54) is 6.92 Å². The van der Waals surface area contributed by atoms with Gasteiger partial charge in [-0.25, -0.2) is 8.42 Å². The summed E-state index contributed by atoms with van der Waals surface area (Å²) in [5.41, 5.74) is 1.68. The highest BCUT2D eigenvalue weighted by Gasteiger charge is 2.22. The molecule has 0 saturated carbocycles. The Bertz CT molecular complexity index is 638. The molecule has 0 aliphatic heterocycles. The van der Waals surface area contributed by atoms with Gasteiger partial charge in [0, 0.05) is 24.8 Å². The van der Waals surface area contributed by atoms with Crippen LogP contribution in [0, 0.1) is 11.8 Å². The molecule has 1 unspecified atom stereocenters. The number of aliphatic hydroxyl groups excluding tert-OH is 1. The number of hydrogen-bond acceptors (Lipinski definition) is 4. The Morgan fingerprint density at radius 3 is 2.48 bits per heavy atom. The summed E-state index contributed by atoms with van der Waals surface area (Å²) in [5.74, 6) is 5.21. The number of nitrogens with one attached hydrogen (secondary N) is 1. The Kier molecular flexibility index (Phi) is 6.40. The molecule has 0 aliphatic carbocycles. The van der Waals surface area contributed by atoms with Gasteiger partial charge in [-0.1, -0.05) is 24.0 Å². The molecule has 1 amide bonds. The van der Waals surface area contributed by atoms with Crippen molar-refractivity contribution in [3.63, 3.8) is 0 Å². The molecule has 0 aliphatic rings. The van der Waals surface area contributed by atoms with Gasteiger partial charge < -0.3 is 10.4 Å². The standard InChI is InChI=1S/C15H19NO4S/c1-12(21(2,19)20)15(18)16-11-14-8-6-13(7-9-14)5-3-4-10-17/h6-9,12,17H,4,10-11H2,1-2H3,(H,16,18). The summed E-state index contributed by atoms with van der Waals surface area (Å²) in [6.45, 7) is 1.67. The lowest BCUT2D eigenvalue weighted by atomic mass is 10.1. The van der Waals surface area contributed by atoms with Crippen LogP contribution in [-0.2, 0) is 21.2 Å². The van der Waals surface area contributed by atoms with Crippen molar-refractivity contribution < 1.29 is 18.3 Å². The Hall–Kier alpha value is -1.84. The van der Waals surface area contributed by atoms with Crippen LogP contribution in [0.5, 0.6) is 0 Å². The van der Waals surface area contributed by atoms with Crippen LogP contribution in [-0.4, -0.2) is 37.5 Å². The molecule has 0 fully saturated rings. The fraction of sp³-hybridized carbons (Fsp3) is 0.400. The Morgan fingerprint density at radius 2 is 1.95 bits per heavy atom. The summed E-state index contributed by atoms with van der Waals surface area (Å²) < 4.78 is 22.5. The van der Waals surface area contributed by atoms with Gasteiger partial charge in [0.1, 0.15) is 5.25 Å². The van der Waals surface area contributed by atoms with E-state index in [9.17, 15) is 13.2 Å². The van der Waals surface area contributed by atoms with Gasteiger partial charge in [0.15, 0.2) is 9.84 Å². The fourth-order valence-electron chi connectivity index (χ4n) is 1.45. The first-order valence-corrected chi connectivity index (χ1v) is 8.45. The monoisotopic (exact) mass is 309 g/mol. The van der Waals surface area contributed by atoms with Gasteiger partial charge >= 0.3 is 0 Å². The van der Waals surface area contributed by atoms with Crippen LogP contribution in [0.25, 0.3) is 0 Å². The molecule has 2 N–H and O–H groups in total. The quantitative estimate of drug-likeness (QED) is 0.775. The minimum absolute atomic E-state index is 0.0373. The van der Waals surface area contributed by atoms with Gasteiger partial charge in [-0.15, -0.1) is 0 Å². The van der Waals surface area contributed by atoms with Gasteiger partial charge in [-0.3, -0.25) is 4.79 Å². The molecular formula is C15H19NO4S. The molecule has 6 heteroatoms. The maximum atomic E-state index is 11.7. The first-order chi connectivity index (χ1) is 9.84. The van der Waals surface area contributed by atoms with Crippen molar-refractivity contribution in [1.29, 1.82) is 0 Å². The number of carbonyl (C=O) groups is 1. The molecule has 0 saturated heterocycles. The molecule has 0 heterocycles. The van der Waals surface area contributed by atoms with Crippen LogP contribution in [0.4, 0.5) is 0 Å². The first-order valence-electron chi connectivity index (χ1n) is 6.50. The molecular weight excluding hydrogens is 290 g/mol. The second-order valence-corrected chi connectivity index (χ2v) is 7.03. The number of sulfone groups is 1. The maximum absolute atomic E-state index is 11.7. The van der Waals surface area contributed by atoms with E-state index in [2.05, 4.69) is 17.2 Å². The Balaban J connectivity index is 2.58. The number of amides is 1. The molecule has 0 spiro atoms. The Morgan fingerprint density at radius 1 is 1.33 bits per heavy atom. The first kappa shape index (κ1) is 17.2. The maximum Gasteiger partial charge on any atom is 0.238 e. The van der Waals surface area contributed by atoms with Crippen LogP contribution in [0.3, 0.4) is 0 Å². The van der Waals surface area contributed by atoms with E-state index >= 15 is 0 Å². The summed E-state index contributed by atoms with van der Waals surface area (Å²) in [6.07, 6.45) is 1.47. The van der Waals surface area contributed by atoms with Crippen LogP contribution < -0.4 is 5.32 Å². The van der Waals surface area contributed by atoms with Crippen LogP contribution >= 0.6 is 0 Å². The van der Waals surface area contributed by atoms with Crippen molar-refractivity contribution >= 4 is 15.7 Å². The minimum Gasteiger partial charge on any atom is -0.395 e. The molecule has 0 aromatic heterocycles. The molecule has 0 radical (unpaired) electrons. The molecule has 1 atom stereocenters. The van der Waals surface area contributed by atoms with Crippen molar-refractivity contribution in [3.8, 4) is 11.8 Å². The highest BCUT2D eigenvalue weighted by molar-refractivity contribution is 7.92. The van der Waals surface area contributed by atoms with Gasteiger partial charge in [0.25, 0.3) is 0 Å². The van der Waals surface area contributed by atoms with Gasteiger partial charge in [0.2, 0.25) is 5.91 Å². The predicted molar refractivity (Wildman–Crippen MR) is 81.2 cm³/mol. The van der Waals surface area contributed by atoms with Crippen molar-refractivity contribution in [2.45, 2.75) is 25.1 Å². The van der Waals surface area contributed by atoms with Crippen molar-refractivity contribution in [2.75, 3.05) is 12.9 Å². The fourth-order valence-corrected chi connectivity index (χ4v) is 1.93. The average molecular weight is 309 g/mol. The van der Waals surface area contributed by atoms with E-state index in [1.807, 2.05) is 24.3 Å². The second kappa shape index (κ2) is 7.81. The molecule has 5 nitrogen and oxygen atoms in total. The van der Waals surface area contributed by atoms with Gasteiger partial charge in [0.05, 0.1) is 6.61 Å². The third-order valence-electron chi connectivity index (χ3n) is 2.90. The summed E-state index contributed by atoms with van der Waals surface area (Å²) in [4.78, 5) is 11.7. The lowest BCUT2D eigenvalue weighted by Crippen LogP contribution is -2.36. The summed E-state index contributed by atoms with van der Waals surface area (Å²) >= 11 is 0. The highest BCUT2D eigenvalue weighted by atomic mass is 32.2. The van der Waals surface area contributed by atoms with E-state index < -0.39 is 21.0 Å². The van der Waals surface area contributed by atoms with E-state index in [-0.39, 0.29) is 13.2 Å². The molecule has 114 valence electrons. The van der Waals surface area contributed by atoms with Crippen molar-refractivity contribution in [1.82, 2.24) is 5.32 Å². The lowest BCUT2D eigenvalue weighted by Gasteiger charge is -2.10. The van der Waals surface area contributed by atoms with Crippen LogP contribution in [0.2, 0.25) is 0 Å². The van der Waals surface area contributed by atoms with Crippen molar-refractivity contribution in [2.24, 2.45) is 0 Å². The number of aliphatic hydroxyl groups is 1. The molecule has 1 aromatic carbocycles. The van der Waals surface area contributed by atoms with Crippen molar-refractivity contribution in [3.05, 3.63) is 35.4 Å². The zero-order valence-electron chi connectivity index (χ0n) is 12.1. The van der Waals surface area contributed by atoms with Gasteiger partial charge in [-0.2, -0.15) is 0 Å². The number of hydrogen-bond donors (Lipinski definition) is 2. The summed E-state index contributed by atoms with van der Waals surface area (Å²) in [6, 6.07) is 7.25. The smallest absolute Gasteiger partial charge is 0.238 e. The summed E-state index contributed by atoms with van der Waals surface area (Å²) in [7, 11) is -3.38. The SMILES string of the molecule is CC(C(=O)NCc1ccc(C#CCCO)cc1)S(C)(=O)=O. The molecule has 1 aromatic rings. The number of rotatable bonds is 5. The average Bonchev–Trinajstić information content (AvgIpc) is 2.44. The minimum atomic E-state index is -3.38. The van der Waals surface area contributed by atoms with E-state index in [1.54, 1.807) is 0 Å². The third kappa shape index (κ3) is 5.98. The lowest BCUT2D eigenvalue weighted by molar-refractivity contribution is -0.120. The van der Waals surface area contributed by atoms with Crippen LogP contribution in [0.15, 0.2) is 24.3 Å². The topological polar surface area (TPSA) is 83.5 Å². The largest absolute Gasteiger partial charge is 0.395 e. The normalized spacial score (nSPS) is 12.1. The van der Waals surface area contributed by atoms with E-state index in [0.29, 0.717) is 6.42 Å². The third-order valence-corrected chi connectivity index (χ3v) is 4.40. The molecule has 0 bridgehead atoms. The number of carbonyl (C=O) groups excluding carboxylic acids is 1. The highest BCUT2D eigenvalue weighted by Crippen LogP contribution is 2.04. The molecule has 1 rings (SSSR count). The predicted octanol–water partition coefficient (Wildman–Crippen LogP) is 0.470.